The Balaban J connectivity index is 2.10. The number of benzene rings is 3. The van der Waals surface area contributed by atoms with E-state index < -0.39 is 39.3 Å². The standard InChI is InChI=1S/C27H28Cl2N4O6S/c1-3-25(27(35)30-4-2)31(17-22-23(28)11-8-12-24(22)29)26(34)18-32(19-13-15-20(16-14-19)33(36)37)40(38,39)21-9-6-5-7-10-21/h5-16,25H,3-4,17-18H2,1-2H3,(H,30,35). The zero-order chi connectivity index (χ0) is 29.4. The van der Waals surface area contributed by atoms with E-state index in [9.17, 15) is 28.1 Å². The number of amides is 2. The fourth-order valence-corrected chi connectivity index (χ4v) is 6.01. The molecule has 40 heavy (non-hydrogen) atoms. The highest BCUT2D eigenvalue weighted by Crippen LogP contribution is 2.29. The van der Waals surface area contributed by atoms with Crippen LogP contribution in [0.25, 0.3) is 0 Å². The average molecular weight is 608 g/mol. The zero-order valence-corrected chi connectivity index (χ0v) is 24.1. The minimum atomic E-state index is -4.30. The van der Waals surface area contributed by atoms with Gasteiger partial charge in [0.25, 0.3) is 15.7 Å². The fraction of sp³-hybridized carbons (Fsp3) is 0.259. The number of hydrogen-bond acceptors (Lipinski definition) is 6. The molecule has 2 amide bonds. The summed E-state index contributed by atoms with van der Waals surface area (Å²) >= 11 is 12.8. The lowest BCUT2D eigenvalue weighted by Crippen LogP contribution is -2.52. The van der Waals surface area contributed by atoms with Gasteiger partial charge in [-0.3, -0.25) is 24.0 Å². The van der Waals surface area contributed by atoms with E-state index in [1.807, 2.05) is 0 Å². The van der Waals surface area contributed by atoms with Gasteiger partial charge in [-0.15, -0.1) is 0 Å². The number of nitro groups is 1. The molecule has 0 bridgehead atoms. The second kappa shape index (κ2) is 13.6. The van der Waals surface area contributed by atoms with E-state index in [0.717, 1.165) is 16.4 Å². The summed E-state index contributed by atoms with van der Waals surface area (Å²) in [5, 5.41) is 14.4. The number of anilines is 1. The first-order valence-corrected chi connectivity index (χ1v) is 14.5. The molecular weight excluding hydrogens is 579 g/mol. The van der Waals surface area contributed by atoms with Crippen molar-refractivity contribution in [2.75, 3.05) is 17.4 Å². The molecule has 3 aromatic rings. The van der Waals surface area contributed by atoms with Crippen LogP contribution in [0.3, 0.4) is 0 Å². The quantitative estimate of drug-likeness (QED) is 0.227. The van der Waals surface area contributed by atoms with E-state index in [1.54, 1.807) is 38.1 Å². The summed E-state index contributed by atoms with van der Waals surface area (Å²) < 4.78 is 28.4. The summed E-state index contributed by atoms with van der Waals surface area (Å²) in [7, 11) is -4.30. The maximum atomic E-state index is 14.0. The molecule has 10 nitrogen and oxygen atoms in total. The van der Waals surface area contributed by atoms with Crippen LogP contribution in [0.15, 0.2) is 77.7 Å². The van der Waals surface area contributed by atoms with Crippen molar-refractivity contribution in [3.05, 3.63) is 98.5 Å². The van der Waals surface area contributed by atoms with Crippen LogP contribution in [-0.2, 0) is 26.2 Å². The summed E-state index contributed by atoms with van der Waals surface area (Å²) in [6.45, 7) is 2.93. The number of nitro benzene ring substituents is 1. The minimum absolute atomic E-state index is 0.0320. The van der Waals surface area contributed by atoms with Crippen molar-refractivity contribution in [1.82, 2.24) is 10.2 Å². The van der Waals surface area contributed by atoms with Gasteiger partial charge in [-0.1, -0.05) is 54.4 Å². The molecule has 212 valence electrons. The molecule has 0 aliphatic rings. The number of carbonyl (C=O) groups is 2. The number of nitrogens with zero attached hydrogens (tertiary/aromatic N) is 3. The fourth-order valence-electron chi connectivity index (χ4n) is 4.05. The van der Waals surface area contributed by atoms with Gasteiger partial charge in [0.05, 0.1) is 15.5 Å². The predicted octanol–water partition coefficient (Wildman–Crippen LogP) is 5.04. The van der Waals surface area contributed by atoms with Crippen LogP contribution in [0.4, 0.5) is 11.4 Å². The van der Waals surface area contributed by atoms with Crippen LogP contribution in [0.2, 0.25) is 10.0 Å². The van der Waals surface area contributed by atoms with E-state index in [4.69, 9.17) is 23.2 Å². The van der Waals surface area contributed by atoms with Gasteiger partial charge in [0, 0.05) is 40.8 Å². The molecular formula is C27H28Cl2N4O6S. The van der Waals surface area contributed by atoms with Crippen LogP contribution >= 0.6 is 23.2 Å². The Kier molecular flexibility index (Phi) is 10.5. The second-order valence-electron chi connectivity index (χ2n) is 8.64. The van der Waals surface area contributed by atoms with E-state index in [1.165, 1.54) is 41.3 Å². The third-order valence-corrected chi connectivity index (χ3v) is 8.58. The molecule has 0 aliphatic carbocycles. The van der Waals surface area contributed by atoms with Crippen molar-refractivity contribution < 1.29 is 22.9 Å². The Bertz CT molecular complexity index is 1450. The number of likely N-dealkylation sites (N-methyl/N-ethyl adjacent to an activating group) is 1. The highest BCUT2D eigenvalue weighted by Gasteiger charge is 2.34. The van der Waals surface area contributed by atoms with Crippen molar-refractivity contribution in [3.8, 4) is 0 Å². The highest BCUT2D eigenvalue weighted by atomic mass is 35.5. The molecule has 0 heterocycles. The van der Waals surface area contributed by atoms with Gasteiger partial charge in [0.15, 0.2) is 0 Å². The van der Waals surface area contributed by atoms with Crippen LogP contribution in [0.1, 0.15) is 25.8 Å². The number of non-ortho nitro benzene ring substituents is 1. The first kappa shape index (κ1) is 30.9. The molecule has 0 aliphatic heterocycles. The van der Waals surface area contributed by atoms with Gasteiger partial charge < -0.3 is 10.2 Å². The molecule has 0 spiro atoms. The number of halogens is 2. The van der Waals surface area contributed by atoms with Crippen molar-refractivity contribution >= 4 is 56.4 Å². The van der Waals surface area contributed by atoms with Gasteiger partial charge in [-0.2, -0.15) is 0 Å². The number of carbonyl (C=O) groups excluding carboxylic acids is 2. The maximum absolute atomic E-state index is 14.0. The van der Waals surface area contributed by atoms with Crippen LogP contribution in [0.5, 0.6) is 0 Å². The Labute approximate surface area is 242 Å². The smallest absolute Gasteiger partial charge is 0.269 e. The highest BCUT2D eigenvalue weighted by molar-refractivity contribution is 7.92. The summed E-state index contributed by atoms with van der Waals surface area (Å²) in [5.41, 5.74) is 0.184. The normalized spacial score (nSPS) is 11.9. The van der Waals surface area contributed by atoms with Gasteiger partial charge in [-0.05, 0) is 49.7 Å². The molecule has 0 saturated heterocycles. The maximum Gasteiger partial charge on any atom is 0.269 e. The van der Waals surface area contributed by atoms with E-state index in [2.05, 4.69) is 5.32 Å². The summed E-state index contributed by atoms with van der Waals surface area (Å²) in [6.07, 6.45) is 0.225. The van der Waals surface area contributed by atoms with Gasteiger partial charge in [-0.25, -0.2) is 8.42 Å². The van der Waals surface area contributed by atoms with Crippen molar-refractivity contribution in [2.45, 2.75) is 37.8 Å². The first-order chi connectivity index (χ1) is 19.0. The molecule has 0 saturated carbocycles. The lowest BCUT2D eigenvalue weighted by molar-refractivity contribution is -0.384. The monoisotopic (exact) mass is 606 g/mol. The largest absolute Gasteiger partial charge is 0.355 e. The number of hydrogen-bond donors (Lipinski definition) is 1. The summed E-state index contributed by atoms with van der Waals surface area (Å²) in [4.78, 5) is 38.7. The number of rotatable bonds is 12. The Morgan fingerprint density at radius 1 is 0.950 bits per heavy atom. The third kappa shape index (κ3) is 7.09. The van der Waals surface area contributed by atoms with Crippen LogP contribution < -0.4 is 9.62 Å². The lowest BCUT2D eigenvalue weighted by Gasteiger charge is -2.33. The SMILES string of the molecule is CCNC(=O)C(CC)N(Cc1c(Cl)cccc1Cl)C(=O)CN(c1ccc([N+](=O)[O-])cc1)S(=O)(=O)c1ccccc1. The molecule has 1 atom stereocenters. The molecule has 0 radical (unpaired) electrons. The van der Waals surface area contributed by atoms with E-state index >= 15 is 0 Å². The van der Waals surface area contributed by atoms with E-state index in [-0.39, 0.29) is 39.3 Å². The summed E-state index contributed by atoms with van der Waals surface area (Å²) in [6, 6.07) is 16.2. The average Bonchev–Trinajstić information content (AvgIpc) is 2.93. The molecule has 3 aromatic carbocycles. The van der Waals surface area contributed by atoms with Crippen LogP contribution in [-0.4, -0.2) is 49.2 Å². The molecule has 0 aromatic heterocycles. The van der Waals surface area contributed by atoms with Gasteiger partial charge in [0.2, 0.25) is 11.8 Å². The Morgan fingerprint density at radius 3 is 2.08 bits per heavy atom. The first-order valence-electron chi connectivity index (χ1n) is 12.3. The predicted molar refractivity (Wildman–Crippen MR) is 154 cm³/mol. The molecule has 3 rings (SSSR count). The van der Waals surface area contributed by atoms with Crippen molar-refractivity contribution in [3.63, 3.8) is 0 Å². The van der Waals surface area contributed by atoms with E-state index in [0.29, 0.717) is 12.1 Å². The zero-order valence-electron chi connectivity index (χ0n) is 21.8. The second-order valence-corrected chi connectivity index (χ2v) is 11.3. The van der Waals surface area contributed by atoms with Crippen molar-refractivity contribution in [1.29, 1.82) is 0 Å². The molecule has 0 fully saturated rings. The number of sulfonamides is 1. The van der Waals surface area contributed by atoms with Crippen LogP contribution in [0, 0.1) is 10.1 Å². The van der Waals surface area contributed by atoms with Gasteiger partial charge >= 0.3 is 0 Å². The summed E-state index contributed by atoms with van der Waals surface area (Å²) in [5.74, 6) is -1.12. The Morgan fingerprint density at radius 2 is 1.55 bits per heavy atom. The number of nitrogens with one attached hydrogen (secondary N) is 1. The Hall–Kier alpha value is -3.67. The molecule has 1 unspecified atom stereocenters. The third-order valence-electron chi connectivity index (χ3n) is 6.09. The van der Waals surface area contributed by atoms with Gasteiger partial charge in [0.1, 0.15) is 12.6 Å². The lowest BCUT2D eigenvalue weighted by atomic mass is 10.1. The molecule has 1 N–H and O–H groups in total. The molecule has 13 heteroatoms. The van der Waals surface area contributed by atoms with Crippen molar-refractivity contribution in [2.24, 2.45) is 0 Å². The topological polar surface area (TPSA) is 130 Å². The minimum Gasteiger partial charge on any atom is -0.355 e.